The van der Waals surface area contributed by atoms with E-state index >= 15 is 0 Å². The lowest BCUT2D eigenvalue weighted by molar-refractivity contribution is 0.0471. The predicted octanol–water partition coefficient (Wildman–Crippen LogP) is 1.89. The van der Waals surface area contributed by atoms with Crippen LogP contribution in [0.2, 0.25) is 0 Å². The summed E-state index contributed by atoms with van der Waals surface area (Å²) in [6.07, 6.45) is -0.222. The number of hydrazine groups is 1. The fourth-order valence-electron chi connectivity index (χ4n) is 1.57. The lowest BCUT2D eigenvalue weighted by Gasteiger charge is -2.23. The highest BCUT2D eigenvalue weighted by atomic mass is 19.2. The molecule has 0 amide bonds. The first-order valence-electron chi connectivity index (χ1n) is 5.12. The highest BCUT2D eigenvalue weighted by Crippen LogP contribution is 2.20. The van der Waals surface area contributed by atoms with Crippen LogP contribution >= 0.6 is 0 Å². The van der Waals surface area contributed by atoms with Gasteiger partial charge >= 0.3 is 0 Å². The molecule has 2 unspecified atom stereocenters. The Bertz CT molecular complexity index is 347. The molecule has 0 aliphatic carbocycles. The maximum atomic E-state index is 13.0. The summed E-state index contributed by atoms with van der Waals surface area (Å²) >= 11 is 0. The smallest absolute Gasteiger partial charge is 0.159 e. The molecule has 3 nitrogen and oxygen atoms in total. The van der Waals surface area contributed by atoms with Crippen LogP contribution in [0.1, 0.15) is 25.5 Å². The van der Waals surface area contributed by atoms with Crippen molar-refractivity contribution in [3.8, 4) is 0 Å². The third kappa shape index (κ3) is 2.98. The maximum Gasteiger partial charge on any atom is 0.159 e. The molecule has 0 aliphatic rings. The lowest BCUT2D eigenvalue weighted by Crippen LogP contribution is -2.36. The summed E-state index contributed by atoms with van der Waals surface area (Å²) in [6, 6.07) is 3.32. The van der Waals surface area contributed by atoms with Gasteiger partial charge < -0.3 is 4.74 Å². The highest BCUT2D eigenvalue weighted by Gasteiger charge is 2.19. The third-order valence-electron chi connectivity index (χ3n) is 2.38. The molecule has 0 aromatic heterocycles. The average molecular weight is 230 g/mol. The summed E-state index contributed by atoms with van der Waals surface area (Å²) < 4.78 is 31.2. The van der Waals surface area contributed by atoms with Crippen molar-refractivity contribution < 1.29 is 13.5 Å². The van der Waals surface area contributed by atoms with Crippen LogP contribution < -0.4 is 11.3 Å². The van der Waals surface area contributed by atoms with E-state index in [1.165, 1.54) is 6.07 Å². The molecule has 0 saturated heterocycles. The van der Waals surface area contributed by atoms with E-state index in [0.29, 0.717) is 12.2 Å². The number of ether oxygens (including phenoxy) is 1. The molecule has 1 rings (SSSR count). The van der Waals surface area contributed by atoms with Crippen LogP contribution in [0.3, 0.4) is 0 Å². The zero-order chi connectivity index (χ0) is 12.1. The van der Waals surface area contributed by atoms with Crippen molar-refractivity contribution in [2.45, 2.75) is 26.0 Å². The van der Waals surface area contributed by atoms with Crippen LogP contribution in [-0.4, -0.2) is 12.7 Å². The van der Waals surface area contributed by atoms with Gasteiger partial charge in [0.15, 0.2) is 11.6 Å². The monoisotopic (exact) mass is 230 g/mol. The van der Waals surface area contributed by atoms with Gasteiger partial charge in [0.1, 0.15) is 0 Å². The van der Waals surface area contributed by atoms with E-state index in [-0.39, 0.29) is 12.1 Å². The van der Waals surface area contributed by atoms with Gasteiger partial charge in [-0.1, -0.05) is 6.07 Å². The zero-order valence-corrected chi connectivity index (χ0v) is 9.34. The number of hydrogen-bond acceptors (Lipinski definition) is 3. The number of nitrogens with one attached hydrogen (secondary N) is 1. The quantitative estimate of drug-likeness (QED) is 0.600. The number of rotatable bonds is 5. The van der Waals surface area contributed by atoms with Crippen molar-refractivity contribution in [2.24, 2.45) is 5.84 Å². The van der Waals surface area contributed by atoms with Gasteiger partial charge in [-0.2, -0.15) is 0 Å². The first-order chi connectivity index (χ1) is 7.60. The lowest BCUT2D eigenvalue weighted by atomic mass is 10.0. The molecular formula is C11H16F2N2O. The molecule has 3 N–H and O–H groups in total. The first-order valence-corrected chi connectivity index (χ1v) is 5.12. The predicted molar refractivity (Wildman–Crippen MR) is 57.5 cm³/mol. The fraction of sp³-hybridized carbons (Fsp3) is 0.455. The minimum atomic E-state index is -0.888. The number of nitrogens with two attached hydrogens (primary N) is 1. The van der Waals surface area contributed by atoms with Gasteiger partial charge in [0.25, 0.3) is 0 Å². The van der Waals surface area contributed by atoms with Gasteiger partial charge in [0.2, 0.25) is 0 Å². The number of hydrogen-bond donors (Lipinski definition) is 2. The van der Waals surface area contributed by atoms with Crippen LogP contribution in [0.4, 0.5) is 8.78 Å². The minimum Gasteiger partial charge on any atom is -0.377 e. The largest absolute Gasteiger partial charge is 0.377 e. The Labute approximate surface area is 93.6 Å². The fourth-order valence-corrected chi connectivity index (χ4v) is 1.57. The zero-order valence-electron chi connectivity index (χ0n) is 9.34. The second-order valence-corrected chi connectivity index (χ2v) is 3.48. The molecule has 16 heavy (non-hydrogen) atoms. The second-order valence-electron chi connectivity index (χ2n) is 3.48. The van der Waals surface area contributed by atoms with E-state index < -0.39 is 11.6 Å². The number of benzene rings is 1. The van der Waals surface area contributed by atoms with Gasteiger partial charge in [-0.15, -0.1) is 0 Å². The van der Waals surface area contributed by atoms with Crippen molar-refractivity contribution >= 4 is 0 Å². The van der Waals surface area contributed by atoms with E-state index in [4.69, 9.17) is 10.6 Å². The Balaban J connectivity index is 2.90. The minimum absolute atomic E-state index is 0.222. The second kappa shape index (κ2) is 5.89. The van der Waals surface area contributed by atoms with Crippen molar-refractivity contribution in [3.63, 3.8) is 0 Å². The molecule has 5 heteroatoms. The topological polar surface area (TPSA) is 47.3 Å². The molecule has 2 atom stereocenters. The number of halogens is 2. The molecule has 0 radical (unpaired) electrons. The van der Waals surface area contributed by atoms with Gasteiger partial charge in [-0.05, 0) is 31.5 Å². The Morgan fingerprint density at radius 1 is 1.38 bits per heavy atom. The molecule has 0 saturated carbocycles. The van der Waals surface area contributed by atoms with Crippen LogP contribution in [0.5, 0.6) is 0 Å². The molecule has 0 spiro atoms. The molecule has 0 fully saturated rings. The Kier molecular flexibility index (Phi) is 4.79. The SMILES string of the molecule is CCOC(C)C(NN)c1ccc(F)c(F)c1. The normalized spacial score (nSPS) is 14.8. The van der Waals surface area contributed by atoms with Crippen LogP contribution in [0.25, 0.3) is 0 Å². The molecule has 1 aromatic rings. The van der Waals surface area contributed by atoms with Crippen molar-refractivity contribution in [2.75, 3.05) is 6.61 Å². The summed E-state index contributed by atoms with van der Waals surface area (Å²) in [7, 11) is 0. The Morgan fingerprint density at radius 3 is 2.56 bits per heavy atom. The van der Waals surface area contributed by atoms with Gasteiger partial charge in [0, 0.05) is 6.61 Å². The van der Waals surface area contributed by atoms with Crippen LogP contribution in [0.15, 0.2) is 18.2 Å². The van der Waals surface area contributed by atoms with Gasteiger partial charge in [-0.25, -0.2) is 8.78 Å². The maximum absolute atomic E-state index is 13.0. The average Bonchev–Trinajstić information content (AvgIpc) is 2.25. The van der Waals surface area contributed by atoms with E-state index in [2.05, 4.69) is 5.43 Å². The first kappa shape index (κ1) is 13.0. The van der Waals surface area contributed by atoms with Crippen molar-refractivity contribution in [1.82, 2.24) is 5.43 Å². The van der Waals surface area contributed by atoms with Gasteiger partial charge in [0.05, 0.1) is 12.1 Å². The molecule has 0 bridgehead atoms. The van der Waals surface area contributed by atoms with Crippen LogP contribution in [0, 0.1) is 11.6 Å². The van der Waals surface area contributed by atoms with E-state index in [9.17, 15) is 8.78 Å². The Hall–Kier alpha value is -1.04. The highest BCUT2D eigenvalue weighted by molar-refractivity contribution is 5.22. The molecule has 0 heterocycles. The molecule has 90 valence electrons. The van der Waals surface area contributed by atoms with Crippen molar-refractivity contribution in [1.29, 1.82) is 0 Å². The summed E-state index contributed by atoms with van der Waals surface area (Å²) in [4.78, 5) is 0. The van der Waals surface area contributed by atoms with Gasteiger partial charge in [-0.3, -0.25) is 11.3 Å². The molecule has 0 aliphatic heterocycles. The van der Waals surface area contributed by atoms with E-state index in [0.717, 1.165) is 12.1 Å². The van der Waals surface area contributed by atoms with Crippen LogP contribution in [-0.2, 0) is 4.74 Å². The summed E-state index contributed by atoms with van der Waals surface area (Å²) in [5.74, 6) is 3.62. The Morgan fingerprint density at radius 2 is 2.06 bits per heavy atom. The van der Waals surface area contributed by atoms with E-state index in [1.54, 1.807) is 0 Å². The molecular weight excluding hydrogens is 214 g/mol. The van der Waals surface area contributed by atoms with E-state index in [1.807, 2.05) is 13.8 Å². The summed E-state index contributed by atoms with van der Waals surface area (Å²) in [5.41, 5.74) is 3.09. The summed E-state index contributed by atoms with van der Waals surface area (Å²) in [6.45, 7) is 4.20. The van der Waals surface area contributed by atoms with Crippen molar-refractivity contribution in [3.05, 3.63) is 35.4 Å². The third-order valence-corrected chi connectivity index (χ3v) is 2.38. The standard InChI is InChI=1S/C11H16F2N2O/c1-3-16-7(2)11(15-14)8-4-5-9(12)10(13)6-8/h4-7,11,15H,3,14H2,1-2H3. The summed E-state index contributed by atoms with van der Waals surface area (Å²) in [5, 5.41) is 0. The molecule has 1 aromatic carbocycles.